The topological polar surface area (TPSA) is 12.0 Å². The molecule has 2 unspecified atom stereocenters. The Morgan fingerprint density at radius 1 is 1.29 bits per heavy atom. The van der Waals surface area contributed by atoms with Gasteiger partial charge in [0.1, 0.15) is 0 Å². The first-order chi connectivity index (χ1) is 9.71. The van der Waals surface area contributed by atoms with Gasteiger partial charge in [-0.1, -0.05) is 68.2 Å². The van der Waals surface area contributed by atoms with Crippen LogP contribution in [0.4, 0.5) is 0 Å². The average molecular weight is 375 g/mol. The van der Waals surface area contributed by atoms with E-state index < -0.39 is 0 Å². The third kappa shape index (κ3) is 7.67. The van der Waals surface area contributed by atoms with Crippen LogP contribution in [0.15, 0.2) is 22.7 Å². The van der Waals surface area contributed by atoms with Crippen molar-refractivity contribution in [2.24, 2.45) is 11.3 Å². The molecule has 3 heteroatoms. The number of benzene rings is 1. The first kappa shape index (κ1) is 19.0. The second-order valence-corrected chi connectivity index (χ2v) is 8.62. The summed E-state index contributed by atoms with van der Waals surface area (Å²) in [5.74, 6) is 0.711. The van der Waals surface area contributed by atoms with Crippen LogP contribution in [0.5, 0.6) is 0 Å². The van der Waals surface area contributed by atoms with Crippen molar-refractivity contribution < 1.29 is 0 Å². The fraction of sp³-hybridized carbons (Fsp3) is 0.667. The van der Waals surface area contributed by atoms with Gasteiger partial charge in [0.2, 0.25) is 0 Å². The second kappa shape index (κ2) is 8.55. The fourth-order valence-corrected chi connectivity index (χ4v) is 3.85. The van der Waals surface area contributed by atoms with Gasteiger partial charge in [0.15, 0.2) is 0 Å². The van der Waals surface area contributed by atoms with Crippen LogP contribution in [-0.4, -0.2) is 12.6 Å². The Morgan fingerprint density at radius 3 is 2.48 bits per heavy atom. The van der Waals surface area contributed by atoms with Crippen LogP contribution in [0.1, 0.15) is 53.0 Å². The van der Waals surface area contributed by atoms with Gasteiger partial charge in [-0.15, -0.1) is 0 Å². The summed E-state index contributed by atoms with van der Waals surface area (Å²) in [5.41, 5.74) is 1.62. The summed E-state index contributed by atoms with van der Waals surface area (Å²) in [6.07, 6.45) is 3.44. The van der Waals surface area contributed by atoms with Gasteiger partial charge in [0.25, 0.3) is 0 Å². The summed E-state index contributed by atoms with van der Waals surface area (Å²) in [6.45, 7) is 12.5. The lowest BCUT2D eigenvalue weighted by Crippen LogP contribution is -2.33. The molecule has 1 aromatic rings. The van der Waals surface area contributed by atoms with Gasteiger partial charge in [-0.2, -0.15) is 0 Å². The summed E-state index contributed by atoms with van der Waals surface area (Å²) in [7, 11) is 0. The largest absolute Gasteiger partial charge is 0.314 e. The third-order valence-electron chi connectivity index (χ3n) is 3.62. The maximum Gasteiger partial charge on any atom is 0.0449 e. The lowest BCUT2D eigenvalue weighted by atomic mass is 9.82. The molecule has 0 aliphatic rings. The Balaban J connectivity index is 2.68. The Bertz CT molecular complexity index is 439. The first-order valence-electron chi connectivity index (χ1n) is 7.88. The van der Waals surface area contributed by atoms with E-state index >= 15 is 0 Å². The molecule has 0 saturated heterocycles. The molecule has 2 atom stereocenters. The molecule has 0 amide bonds. The molecule has 0 aliphatic heterocycles. The molecule has 1 aromatic carbocycles. The van der Waals surface area contributed by atoms with Crippen LogP contribution in [0.3, 0.4) is 0 Å². The maximum absolute atomic E-state index is 6.36. The molecule has 21 heavy (non-hydrogen) atoms. The first-order valence-corrected chi connectivity index (χ1v) is 9.05. The van der Waals surface area contributed by atoms with E-state index in [0.29, 0.717) is 17.4 Å². The van der Waals surface area contributed by atoms with Crippen LogP contribution in [0, 0.1) is 11.3 Å². The third-order valence-corrected chi connectivity index (χ3v) is 4.47. The van der Waals surface area contributed by atoms with Gasteiger partial charge >= 0.3 is 0 Å². The predicted molar refractivity (Wildman–Crippen MR) is 98.2 cm³/mol. The average Bonchev–Trinajstić information content (AvgIpc) is 2.30. The number of rotatable bonds is 7. The van der Waals surface area contributed by atoms with Crippen molar-refractivity contribution in [1.29, 1.82) is 0 Å². The monoisotopic (exact) mass is 373 g/mol. The molecule has 0 radical (unpaired) electrons. The van der Waals surface area contributed by atoms with Crippen molar-refractivity contribution in [3.63, 3.8) is 0 Å². The highest BCUT2D eigenvalue weighted by atomic mass is 79.9. The van der Waals surface area contributed by atoms with E-state index in [4.69, 9.17) is 11.6 Å². The minimum absolute atomic E-state index is 0.394. The quantitative estimate of drug-likeness (QED) is 0.609. The molecule has 1 N–H and O–H groups in total. The van der Waals surface area contributed by atoms with E-state index in [1.54, 1.807) is 0 Å². The van der Waals surface area contributed by atoms with Crippen molar-refractivity contribution in [2.75, 3.05) is 6.54 Å². The van der Waals surface area contributed by atoms with Gasteiger partial charge in [0, 0.05) is 15.5 Å². The van der Waals surface area contributed by atoms with Gasteiger partial charge < -0.3 is 5.32 Å². The molecule has 0 aromatic heterocycles. The maximum atomic E-state index is 6.36. The molecule has 0 heterocycles. The molecular formula is C18H29BrClN. The molecule has 0 bridgehead atoms. The smallest absolute Gasteiger partial charge is 0.0449 e. The van der Waals surface area contributed by atoms with Gasteiger partial charge in [-0.25, -0.2) is 0 Å². The second-order valence-electron chi connectivity index (χ2n) is 7.30. The predicted octanol–water partition coefficient (Wildman–Crippen LogP) is 6.09. The highest BCUT2D eigenvalue weighted by molar-refractivity contribution is 9.10. The van der Waals surface area contributed by atoms with Gasteiger partial charge in [-0.05, 0) is 54.8 Å². The zero-order chi connectivity index (χ0) is 16.0. The van der Waals surface area contributed by atoms with Crippen molar-refractivity contribution in [1.82, 2.24) is 5.32 Å². The van der Waals surface area contributed by atoms with E-state index in [1.165, 1.54) is 18.4 Å². The van der Waals surface area contributed by atoms with Crippen LogP contribution < -0.4 is 5.32 Å². The minimum atomic E-state index is 0.394. The van der Waals surface area contributed by atoms with Crippen molar-refractivity contribution >= 4 is 27.5 Å². The normalized spacial score (nSPS) is 15.0. The summed E-state index contributed by atoms with van der Waals surface area (Å²) < 4.78 is 1.04. The number of hydrogen-bond donors (Lipinski definition) is 1. The van der Waals surface area contributed by atoms with E-state index in [0.717, 1.165) is 22.5 Å². The molecule has 0 fully saturated rings. The van der Waals surface area contributed by atoms with Crippen LogP contribution in [0.2, 0.25) is 5.02 Å². The lowest BCUT2D eigenvalue weighted by Gasteiger charge is -2.27. The zero-order valence-electron chi connectivity index (χ0n) is 14.0. The molecule has 1 nitrogen and oxygen atoms in total. The number of hydrogen-bond acceptors (Lipinski definition) is 1. The molecular weight excluding hydrogens is 346 g/mol. The van der Waals surface area contributed by atoms with E-state index in [2.05, 4.69) is 68.0 Å². The summed E-state index contributed by atoms with van der Waals surface area (Å²) in [4.78, 5) is 0. The Morgan fingerprint density at radius 2 is 1.95 bits per heavy atom. The van der Waals surface area contributed by atoms with E-state index in [9.17, 15) is 0 Å². The van der Waals surface area contributed by atoms with E-state index in [1.807, 2.05) is 6.07 Å². The Hall–Kier alpha value is -0.0500. The van der Waals surface area contributed by atoms with Crippen molar-refractivity contribution in [3.05, 3.63) is 33.3 Å². The van der Waals surface area contributed by atoms with Crippen LogP contribution in [0.25, 0.3) is 0 Å². The molecule has 0 spiro atoms. The highest BCUT2D eigenvalue weighted by Crippen LogP contribution is 2.28. The van der Waals surface area contributed by atoms with Gasteiger partial charge in [0.05, 0.1) is 0 Å². The zero-order valence-corrected chi connectivity index (χ0v) is 16.3. The summed E-state index contributed by atoms with van der Waals surface area (Å²) >= 11 is 9.83. The number of nitrogens with one attached hydrogen (secondary N) is 1. The Labute approximate surface area is 144 Å². The number of halogens is 2. The van der Waals surface area contributed by atoms with Crippen molar-refractivity contribution in [3.8, 4) is 0 Å². The molecule has 1 rings (SSSR count). The summed E-state index contributed by atoms with van der Waals surface area (Å²) in [6, 6.07) is 6.68. The molecule has 0 saturated carbocycles. The molecule has 0 aliphatic carbocycles. The van der Waals surface area contributed by atoms with Crippen molar-refractivity contribution in [2.45, 2.75) is 59.9 Å². The van der Waals surface area contributed by atoms with Gasteiger partial charge in [-0.3, -0.25) is 0 Å². The van der Waals surface area contributed by atoms with E-state index in [-0.39, 0.29) is 0 Å². The minimum Gasteiger partial charge on any atom is -0.314 e. The van der Waals surface area contributed by atoms with Crippen LogP contribution >= 0.6 is 27.5 Å². The van der Waals surface area contributed by atoms with Crippen LogP contribution in [-0.2, 0) is 6.42 Å². The Kier molecular flexibility index (Phi) is 7.73. The number of likely N-dealkylation sites (N-methyl/N-ethyl adjacent to an activating group) is 1. The lowest BCUT2D eigenvalue weighted by molar-refractivity contribution is 0.275. The standard InChI is InChI=1S/C18H29BrClN/c1-6-21-16(9-13(2)12-18(3,4)5)10-14-7-8-15(19)11-17(14)20/h7-8,11,13,16,21H,6,9-10,12H2,1-5H3. The summed E-state index contributed by atoms with van der Waals surface area (Å²) in [5, 5.41) is 4.48. The highest BCUT2D eigenvalue weighted by Gasteiger charge is 2.19. The molecule has 120 valence electrons. The fourth-order valence-electron chi connectivity index (χ4n) is 3.09. The SMILES string of the molecule is CCNC(Cc1ccc(Br)cc1Cl)CC(C)CC(C)(C)C.